The van der Waals surface area contributed by atoms with E-state index in [0.717, 1.165) is 25.9 Å². The van der Waals surface area contributed by atoms with E-state index in [1.807, 2.05) is 6.07 Å². The summed E-state index contributed by atoms with van der Waals surface area (Å²) in [6.07, 6.45) is 2.15. The maximum Gasteiger partial charge on any atom is 0.123 e. The summed E-state index contributed by atoms with van der Waals surface area (Å²) < 4.78 is 13.7. The van der Waals surface area contributed by atoms with Crippen molar-refractivity contribution in [2.45, 2.75) is 24.8 Å². The Labute approximate surface area is 149 Å². The van der Waals surface area contributed by atoms with E-state index >= 15 is 0 Å². The third kappa shape index (κ3) is 3.08. The molecule has 2 aromatic carbocycles. The summed E-state index contributed by atoms with van der Waals surface area (Å²) in [5.41, 5.74) is 9.93. The number of hydrogen-bond acceptors (Lipinski definition) is 2. The van der Waals surface area contributed by atoms with Crippen molar-refractivity contribution < 1.29 is 4.39 Å². The highest BCUT2D eigenvalue weighted by molar-refractivity contribution is 5.85. The van der Waals surface area contributed by atoms with Gasteiger partial charge in [-0.15, -0.1) is 12.4 Å². The summed E-state index contributed by atoms with van der Waals surface area (Å²) in [6, 6.07) is 16.3. The zero-order chi connectivity index (χ0) is 15.8. The number of benzene rings is 2. The molecule has 2 N–H and O–H groups in total. The van der Waals surface area contributed by atoms with Crippen LogP contribution in [0.3, 0.4) is 0 Å². The molecule has 1 aliphatic carbocycles. The van der Waals surface area contributed by atoms with Gasteiger partial charge in [0.2, 0.25) is 0 Å². The van der Waals surface area contributed by atoms with E-state index in [0.29, 0.717) is 24.4 Å². The number of nitrogens with zero attached hydrogens (tertiary/aromatic N) is 1. The second-order valence-corrected chi connectivity index (χ2v) is 6.86. The summed E-state index contributed by atoms with van der Waals surface area (Å²) in [7, 11) is 0. The van der Waals surface area contributed by atoms with Crippen molar-refractivity contribution in [2.24, 2.45) is 11.7 Å². The van der Waals surface area contributed by atoms with Gasteiger partial charge in [0.1, 0.15) is 5.82 Å². The molecule has 2 aromatic rings. The second kappa shape index (κ2) is 7.22. The van der Waals surface area contributed by atoms with Crippen molar-refractivity contribution in [3.8, 4) is 0 Å². The van der Waals surface area contributed by atoms with E-state index in [9.17, 15) is 4.39 Å². The minimum absolute atomic E-state index is 0. The molecule has 2 aliphatic rings. The van der Waals surface area contributed by atoms with Crippen LogP contribution in [0.2, 0.25) is 0 Å². The van der Waals surface area contributed by atoms with E-state index < -0.39 is 0 Å². The summed E-state index contributed by atoms with van der Waals surface area (Å²) in [4.78, 5) is 2.53. The monoisotopic (exact) mass is 346 g/mol. The fourth-order valence-electron chi connectivity index (χ4n) is 4.41. The Bertz CT molecular complexity index is 691. The molecule has 1 aliphatic heterocycles. The van der Waals surface area contributed by atoms with Gasteiger partial charge in [-0.3, -0.25) is 4.90 Å². The Hall–Kier alpha value is -1.42. The topological polar surface area (TPSA) is 29.3 Å². The highest BCUT2D eigenvalue weighted by Gasteiger charge is 2.38. The number of nitrogens with two attached hydrogens (primary N) is 1. The first-order valence-electron chi connectivity index (χ1n) is 8.53. The Morgan fingerprint density at radius 1 is 1.08 bits per heavy atom. The van der Waals surface area contributed by atoms with Crippen LogP contribution in [0.15, 0.2) is 48.5 Å². The quantitative estimate of drug-likeness (QED) is 0.913. The summed E-state index contributed by atoms with van der Waals surface area (Å²) in [5, 5.41) is 0. The maximum atomic E-state index is 13.7. The lowest BCUT2D eigenvalue weighted by atomic mass is 9.89. The SMILES string of the molecule is Cl.NC[C@@H]1CN(C2CCc3ccc(F)cc32)C[C@H]1c1ccccc1. The molecule has 0 radical (unpaired) electrons. The van der Waals surface area contributed by atoms with Crippen molar-refractivity contribution in [2.75, 3.05) is 19.6 Å². The van der Waals surface area contributed by atoms with Gasteiger partial charge in [-0.1, -0.05) is 36.4 Å². The number of aryl methyl sites for hydroxylation is 1. The van der Waals surface area contributed by atoms with Crippen molar-refractivity contribution in [1.82, 2.24) is 4.90 Å². The molecule has 0 spiro atoms. The first-order chi connectivity index (χ1) is 11.3. The van der Waals surface area contributed by atoms with Gasteiger partial charge in [-0.05, 0) is 54.1 Å². The van der Waals surface area contributed by atoms with Crippen LogP contribution < -0.4 is 5.73 Å². The highest BCUT2D eigenvalue weighted by atomic mass is 35.5. The van der Waals surface area contributed by atoms with Gasteiger partial charge in [0.15, 0.2) is 0 Å². The lowest BCUT2D eigenvalue weighted by molar-refractivity contribution is 0.235. The minimum atomic E-state index is -0.121. The summed E-state index contributed by atoms with van der Waals surface area (Å²) >= 11 is 0. The summed E-state index contributed by atoms with van der Waals surface area (Å²) in [5.74, 6) is 0.846. The van der Waals surface area contributed by atoms with E-state index in [1.54, 1.807) is 12.1 Å². The van der Waals surface area contributed by atoms with Crippen LogP contribution in [0.4, 0.5) is 4.39 Å². The number of hydrogen-bond donors (Lipinski definition) is 1. The Morgan fingerprint density at radius 2 is 1.88 bits per heavy atom. The van der Waals surface area contributed by atoms with Crippen LogP contribution in [-0.2, 0) is 6.42 Å². The van der Waals surface area contributed by atoms with Crippen LogP contribution >= 0.6 is 12.4 Å². The molecule has 1 unspecified atom stereocenters. The molecule has 3 atom stereocenters. The molecular weight excluding hydrogens is 323 g/mol. The highest BCUT2D eigenvalue weighted by Crippen LogP contribution is 2.42. The Morgan fingerprint density at radius 3 is 2.62 bits per heavy atom. The summed E-state index contributed by atoms with van der Waals surface area (Å²) in [6.45, 7) is 2.74. The molecule has 4 heteroatoms. The third-order valence-corrected chi connectivity index (χ3v) is 5.59. The molecule has 1 fully saturated rings. The molecule has 4 rings (SSSR count). The van der Waals surface area contributed by atoms with Crippen molar-refractivity contribution in [1.29, 1.82) is 0 Å². The molecule has 0 amide bonds. The molecule has 1 saturated heterocycles. The Balaban J connectivity index is 0.00000169. The van der Waals surface area contributed by atoms with Gasteiger partial charge in [-0.25, -0.2) is 4.39 Å². The standard InChI is InChI=1S/C20H23FN2.ClH/c21-17-8-6-15-7-9-20(18(15)10-17)23-12-16(11-22)19(13-23)14-4-2-1-3-5-14;/h1-6,8,10,16,19-20H,7,9,11-13,22H2;1H/t16-,19+,20?;/m1./s1. The molecule has 0 bridgehead atoms. The van der Waals surface area contributed by atoms with Crippen LogP contribution in [-0.4, -0.2) is 24.5 Å². The zero-order valence-electron chi connectivity index (χ0n) is 13.7. The van der Waals surface area contributed by atoms with Gasteiger partial charge in [0.05, 0.1) is 0 Å². The number of likely N-dealkylation sites (tertiary alicyclic amines) is 1. The number of rotatable bonds is 3. The van der Waals surface area contributed by atoms with Gasteiger partial charge in [-0.2, -0.15) is 0 Å². The predicted octanol–water partition coefficient (Wildman–Crippen LogP) is 3.91. The lowest BCUT2D eigenvalue weighted by Crippen LogP contribution is -2.26. The minimum Gasteiger partial charge on any atom is -0.330 e. The molecule has 128 valence electrons. The van der Waals surface area contributed by atoms with Crippen molar-refractivity contribution in [3.05, 3.63) is 71.0 Å². The largest absolute Gasteiger partial charge is 0.330 e. The smallest absolute Gasteiger partial charge is 0.123 e. The van der Waals surface area contributed by atoms with Crippen LogP contribution in [0.25, 0.3) is 0 Å². The van der Waals surface area contributed by atoms with E-state index in [4.69, 9.17) is 5.73 Å². The average molecular weight is 347 g/mol. The first-order valence-corrected chi connectivity index (χ1v) is 8.53. The Kier molecular flexibility index (Phi) is 5.24. The van der Waals surface area contributed by atoms with Crippen LogP contribution in [0.5, 0.6) is 0 Å². The average Bonchev–Trinajstić information content (AvgIpc) is 3.18. The molecule has 24 heavy (non-hydrogen) atoms. The third-order valence-electron chi connectivity index (χ3n) is 5.59. The van der Waals surface area contributed by atoms with Crippen LogP contribution in [0.1, 0.15) is 35.1 Å². The molecule has 1 heterocycles. The second-order valence-electron chi connectivity index (χ2n) is 6.86. The normalized spacial score (nSPS) is 26.2. The molecule has 2 nitrogen and oxygen atoms in total. The molecule has 0 saturated carbocycles. The van der Waals surface area contributed by atoms with Gasteiger partial charge < -0.3 is 5.73 Å². The van der Waals surface area contributed by atoms with Gasteiger partial charge in [0, 0.05) is 25.0 Å². The lowest BCUT2D eigenvalue weighted by Gasteiger charge is -2.25. The molecule has 0 aromatic heterocycles. The fraction of sp³-hybridized carbons (Fsp3) is 0.400. The van der Waals surface area contributed by atoms with Crippen molar-refractivity contribution >= 4 is 12.4 Å². The number of halogens is 2. The van der Waals surface area contributed by atoms with Gasteiger partial charge in [0.25, 0.3) is 0 Å². The zero-order valence-corrected chi connectivity index (χ0v) is 14.5. The van der Waals surface area contributed by atoms with E-state index in [1.165, 1.54) is 16.7 Å². The van der Waals surface area contributed by atoms with Crippen LogP contribution in [0, 0.1) is 11.7 Å². The predicted molar refractivity (Wildman–Crippen MR) is 98.0 cm³/mol. The fourth-order valence-corrected chi connectivity index (χ4v) is 4.41. The van der Waals surface area contributed by atoms with E-state index in [2.05, 4.69) is 35.2 Å². The molecular formula is C20H24ClFN2. The number of fused-ring (bicyclic) bond motifs is 1. The van der Waals surface area contributed by atoms with Crippen molar-refractivity contribution in [3.63, 3.8) is 0 Å². The first kappa shape index (κ1) is 17.4. The van der Waals surface area contributed by atoms with Gasteiger partial charge >= 0.3 is 0 Å². The maximum absolute atomic E-state index is 13.7. The van der Waals surface area contributed by atoms with E-state index in [-0.39, 0.29) is 18.2 Å².